The molecule has 0 aliphatic heterocycles. The summed E-state index contributed by atoms with van der Waals surface area (Å²) in [6.45, 7) is 2.76. The number of rotatable bonds is 4. The number of anilines is 3. The number of hydrogen-bond acceptors (Lipinski definition) is 3. The molecule has 94 valence electrons. The van der Waals surface area contributed by atoms with Gasteiger partial charge in [-0.05, 0) is 25.1 Å². The molecule has 0 saturated carbocycles. The van der Waals surface area contributed by atoms with E-state index in [1.165, 1.54) is 6.07 Å². The monoisotopic (exact) mass is 265 g/mol. The summed E-state index contributed by atoms with van der Waals surface area (Å²) in [6, 6.07) is 8.12. The SMILES string of the molecule is CCNc1cc(Nc2c(F)cccc2Cl)ccn1. The largest absolute Gasteiger partial charge is 0.370 e. The molecule has 2 N–H and O–H groups in total. The Morgan fingerprint density at radius 1 is 1.33 bits per heavy atom. The molecule has 1 aromatic carbocycles. The van der Waals surface area contributed by atoms with E-state index in [1.807, 2.05) is 6.92 Å². The Morgan fingerprint density at radius 3 is 2.89 bits per heavy atom. The maximum Gasteiger partial charge on any atom is 0.148 e. The molecule has 1 aromatic heterocycles. The van der Waals surface area contributed by atoms with E-state index >= 15 is 0 Å². The lowest BCUT2D eigenvalue weighted by molar-refractivity contribution is 0.632. The summed E-state index contributed by atoms with van der Waals surface area (Å²) in [5, 5.41) is 6.38. The first-order valence-electron chi connectivity index (χ1n) is 5.61. The van der Waals surface area contributed by atoms with Crippen molar-refractivity contribution < 1.29 is 4.39 Å². The molecule has 1 heterocycles. The number of nitrogens with zero attached hydrogens (tertiary/aromatic N) is 1. The molecule has 0 amide bonds. The van der Waals surface area contributed by atoms with Gasteiger partial charge in [0.1, 0.15) is 11.6 Å². The Balaban J connectivity index is 2.26. The molecule has 2 aromatic rings. The van der Waals surface area contributed by atoms with E-state index in [4.69, 9.17) is 11.6 Å². The van der Waals surface area contributed by atoms with Crippen molar-refractivity contribution in [1.82, 2.24) is 4.98 Å². The summed E-state index contributed by atoms with van der Waals surface area (Å²) in [7, 11) is 0. The van der Waals surface area contributed by atoms with Crippen molar-refractivity contribution in [3.05, 3.63) is 47.4 Å². The van der Waals surface area contributed by atoms with Gasteiger partial charge in [-0.25, -0.2) is 9.37 Å². The summed E-state index contributed by atoms with van der Waals surface area (Å²) in [4.78, 5) is 4.14. The molecule has 3 nitrogen and oxygen atoms in total. The smallest absolute Gasteiger partial charge is 0.148 e. The number of halogens is 2. The van der Waals surface area contributed by atoms with Gasteiger partial charge in [-0.2, -0.15) is 0 Å². The zero-order chi connectivity index (χ0) is 13.0. The van der Waals surface area contributed by atoms with Gasteiger partial charge in [0.05, 0.1) is 10.7 Å². The minimum atomic E-state index is -0.385. The number of para-hydroxylation sites is 1. The molecular formula is C13H13ClFN3. The lowest BCUT2D eigenvalue weighted by atomic mass is 10.3. The molecule has 0 bridgehead atoms. The minimum absolute atomic E-state index is 0.271. The molecule has 0 spiro atoms. The highest BCUT2D eigenvalue weighted by Crippen LogP contribution is 2.28. The molecule has 0 saturated heterocycles. The van der Waals surface area contributed by atoms with Crippen molar-refractivity contribution in [3.8, 4) is 0 Å². The molecule has 0 radical (unpaired) electrons. The average molecular weight is 266 g/mol. The number of pyridine rings is 1. The van der Waals surface area contributed by atoms with Gasteiger partial charge in [-0.1, -0.05) is 17.7 Å². The van der Waals surface area contributed by atoms with Crippen molar-refractivity contribution in [2.24, 2.45) is 0 Å². The summed E-state index contributed by atoms with van der Waals surface area (Å²) in [5.41, 5.74) is 1.00. The summed E-state index contributed by atoms with van der Waals surface area (Å²) in [6.07, 6.45) is 1.65. The van der Waals surface area contributed by atoms with Crippen LogP contribution in [0.15, 0.2) is 36.5 Å². The average Bonchev–Trinajstić information content (AvgIpc) is 2.35. The third-order valence-electron chi connectivity index (χ3n) is 2.35. The molecular weight excluding hydrogens is 253 g/mol. The van der Waals surface area contributed by atoms with Gasteiger partial charge in [0.25, 0.3) is 0 Å². The molecule has 2 rings (SSSR count). The zero-order valence-electron chi connectivity index (χ0n) is 9.87. The predicted octanol–water partition coefficient (Wildman–Crippen LogP) is 4.05. The molecule has 0 unspecified atom stereocenters. The van der Waals surface area contributed by atoms with Gasteiger partial charge in [-0.15, -0.1) is 0 Å². The van der Waals surface area contributed by atoms with Crippen LogP contribution in [0, 0.1) is 5.82 Å². The van der Waals surface area contributed by atoms with Gasteiger partial charge < -0.3 is 10.6 Å². The maximum atomic E-state index is 13.6. The number of aromatic nitrogens is 1. The highest BCUT2D eigenvalue weighted by molar-refractivity contribution is 6.33. The molecule has 0 aliphatic rings. The van der Waals surface area contributed by atoms with Gasteiger partial charge >= 0.3 is 0 Å². The van der Waals surface area contributed by atoms with E-state index in [9.17, 15) is 4.39 Å². The standard InChI is InChI=1S/C13H13ClFN3/c1-2-16-12-8-9(6-7-17-12)18-13-10(14)4-3-5-11(13)15/h3-8H,2H2,1H3,(H2,16,17,18). The number of hydrogen-bond donors (Lipinski definition) is 2. The summed E-state index contributed by atoms with van der Waals surface area (Å²) < 4.78 is 13.6. The second kappa shape index (κ2) is 5.69. The summed E-state index contributed by atoms with van der Waals surface area (Å²) in [5.74, 6) is 0.347. The van der Waals surface area contributed by atoms with Crippen LogP contribution in [0.25, 0.3) is 0 Å². The van der Waals surface area contributed by atoms with Gasteiger partial charge in [0, 0.05) is 24.5 Å². The van der Waals surface area contributed by atoms with Gasteiger partial charge in [0.2, 0.25) is 0 Å². The van der Waals surface area contributed by atoms with E-state index in [0.29, 0.717) is 5.02 Å². The van der Waals surface area contributed by atoms with Crippen LogP contribution in [0.2, 0.25) is 5.02 Å². The van der Waals surface area contributed by atoms with Crippen LogP contribution in [0.1, 0.15) is 6.92 Å². The Bertz CT molecular complexity index is 525. The van der Waals surface area contributed by atoms with E-state index in [1.54, 1.807) is 30.5 Å². The van der Waals surface area contributed by atoms with E-state index in [0.717, 1.165) is 18.1 Å². The Hall–Kier alpha value is -1.81. The second-order valence-electron chi connectivity index (χ2n) is 3.68. The first-order valence-corrected chi connectivity index (χ1v) is 5.99. The Labute approximate surface area is 110 Å². The third-order valence-corrected chi connectivity index (χ3v) is 2.66. The molecule has 0 aliphatic carbocycles. The quantitative estimate of drug-likeness (QED) is 0.876. The first-order chi connectivity index (χ1) is 8.70. The van der Waals surface area contributed by atoms with E-state index < -0.39 is 0 Å². The maximum absolute atomic E-state index is 13.6. The second-order valence-corrected chi connectivity index (χ2v) is 4.09. The van der Waals surface area contributed by atoms with Crippen LogP contribution >= 0.6 is 11.6 Å². The van der Waals surface area contributed by atoms with Crippen LogP contribution < -0.4 is 10.6 Å². The van der Waals surface area contributed by atoms with Crippen LogP contribution in [0.5, 0.6) is 0 Å². The fourth-order valence-electron chi connectivity index (χ4n) is 1.55. The van der Waals surface area contributed by atoms with Gasteiger partial charge in [0.15, 0.2) is 0 Å². The lowest BCUT2D eigenvalue weighted by Gasteiger charge is -2.10. The molecule has 0 atom stereocenters. The topological polar surface area (TPSA) is 37.0 Å². The van der Waals surface area contributed by atoms with Crippen molar-refractivity contribution in [2.75, 3.05) is 17.2 Å². The predicted molar refractivity (Wildman–Crippen MR) is 73.1 cm³/mol. The number of benzene rings is 1. The minimum Gasteiger partial charge on any atom is -0.370 e. The Morgan fingerprint density at radius 2 is 2.17 bits per heavy atom. The van der Waals surface area contributed by atoms with Gasteiger partial charge in [-0.3, -0.25) is 0 Å². The molecule has 0 fully saturated rings. The first kappa shape index (κ1) is 12.6. The summed E-state index contributed by atoms with van der Waals surface area (Å²) >= 11 is 5.95. The Kier molecular flexibility index (Phi) is 3.99. The fraction of sp³-hybridized carbons (Fsp3) is 0.154. The van der Waals surface area contributed by atoms with E-state index in [2.05, 4.69) is 15.6 Å². The fourth-order valence-corrected chi connectivity index (χ4v) is 1.76. The van der Waals surface area contributed by atoms with Crippen molar-refractivity contribution in [2.45, 2.75) is 6.92 Å². The van der Waals surface area contributed by atoms with Crippen LogP contribution in [-0.4, -0.2) is 11.5 Å². The van der Waals surface area contributed by atoms with Crippen molar-refractivity contribution in [1.29, 1.82) is 0 Å². The van der Waals surface area contributed by atoms with Crippen LogP contribution in [0.4, 0.5) is 21.6 Å². The highest BCUT2D eigenvalue weighted by Gasteiger charge is 2.07. The highest BCUT2D eigenvalue weighted by atomic mass is 35.5. The van der Waals surface area contributed by atoms with Crippen LogP contribution in [0.3, 0.4) is 0 Å². The zero-order valence-corrected chi connectivity index (χ0v) is 10.6. The molecule has 18 heavy (non-hydrogen) atoms. The van der Waals surface area contributed by atoms with Crippen molar-refractivity contribution in [3.63, 3.8) is 0 Å². The number of nitrogens with one attached hydrogen (secondary N) is 2. The normalized spacial score (nSPS) is 10.2. The van der Waals surface area contributed by atoms with Crippen molar-refractivity contribution >= 4 is 28.8 Å². The lowest BCUT2D eigenvalue weighted by Crippen LogP contribution is -2.00. The van der Waals surface area contributed by atoms with E-state index in [-0.39, 0.29) is 11.5 Å². The third kappa shape index (κ3) is 2.90. The van der Waals surface area contributed by atoms with Crippen LogP contribution in [-0.2, 0) is 0 Å². The molecule has 5 heteroatoms.